The summed E-state index contributed by atoms with van der Waals surface area (Å²) in [6.07, 6.45) is 2.23. The lowest BCUT2D eigenvalue weighted by molar-refractivity contribution is -0.427. The van der Waals surface area contributed by atoms with Crippen LogP contribution in [0.5, 0.6) is 0 Å². The summed E-state index contributed by atoms with van der Waals surface area (Å²) in [5.41, 5.74) is 4.65. The highest BCUT2D eigenvalue weighted by Gasteiger charge is 2.14. The molecule has 0 aliphatic rings. The molecule has 0 aliphatic carbocycles. The molecule has 3 nitrogen and oxygen atoms in total. The van der Waals surface area contributed by atoms with Crippen LogP contribution in [-0.2, 0) is 0 Å². The zero-order valence-electron chi connectivity index (χ0n) is 11.8. The maximum absolute atomic E-state index is 11.1. The van der Waals surface area contributed by atoms with Crippen LogP contribution in [0.2, 0.25) is 0 Å². The van der Waals surface area contributed by atoms with Crippen LogP contribution in [0.4, 0.5) is 0 Å². The second-order valence-corrected chi connectivity index (χ2v) is 5.30. The first-order valence-electron chi connectivity index (χ1n) is 6.24. The largest absolute Gasteiger partial charge is 0.259 e. The summed E-state index contributed by atoms with van der Waals surface area (Å²) in [5, 5.41) is 11.1. The molecule has 1 aromatic carbocycles. The molecule has 0 N–H and O–H groups in total. The predicted molar refractivity (Wildman–Crippen MR) is 75.1 cm³/mol. The second-order valence-electron chi connectivity index (χ2n) is 5.30. The number of hydrogen-bond acceptors (Lipinski definition) is 2. The average molecular weight is 247 g/mol. The Morgan fingerprint density at radius 2 is 1.78 bits per heavy atom. The van der Waals surface area contributed by atoms with Crippen LogP contribution in [0.3, 0.4) is 0 Å². The lowest BCUT2D eigenvalue weighted by Gasteiger charge is -2.08. The van der Waals surface area contributed by atoms with Crippen LogP contribution in [-0.4, -0.2) is 4.92 Å². The quantitative estimate of drug-likeness (QED) is 0.589. The molecule has 0 heterocycles. The van der Waals surface area contributed by atoms with Crippen LogP contribution in [0.25, 0.3) is 6.08 Å². The van der Waals surface area contributed by atoms with E-state index in [2.05, 4.69) is 12.1 Å². The molecule has 18 heavy (non-hydrogen) atoms. The van der Waals surface area contributed by atoms with E-state index >= 15 is 0 Å². The molecular weight excluding hydrogens is 226 g/mol. The maximum Gasteiger partial charge on any atom is 0.247 e. The van der Waals surface area contributed by atoms with Crippen molar-refractivity contribution >= 4 is 6.08 Å². The average Bonchev–Trinajstić information content (AvgIpc) is 2.20. The van der Waals surface area contributed by atoms with E-state index in [1.54, 1.807) is 6.08 Å². The van der Waals surface area contributed by atoms with Gasteiger partial charge in [-0.1, -0.05) is 31.5 Å². The molecule has 0 radical (unpaired) electrons. The van der Waals surface area contributed by atoms with Crippen LogP contribution >= 0.6 is 0 Å². The van der Waals surface area contributed by atoms with E-state index in [0.29, 0.717) is 12.1 Å². The Kier molecular flexibility index (Phi) is 4.65. The molecule has 0 amide bonds. The first kappa shape index (κ1) is 14.4. The molecule has 98 valence electrons. The Morgan fingerprint density at radius 3 is 2.17 bits per heavy atom. The van der Waals surface area contributed by atoms with Crippen molar-refractivity contribution in [2.45, 2.75) is 41.0 Å². The Morgan fingerprint density at radius 1 is 1.28 bits per heavy atom. The van der Waals surface area contributed by atoms with Crippen molar-refractivity contribution in [1.82, 2.24) is 0 Å². The molecule has 1 rings (SSSR count). The van der Waals surface area contributed by atoms with Crippen molar-refractivity contribution in [3.8, 4) is 0 Å². The van der Waals surface area contributed by atoms with E-state index in [1.807, 2.05) is 34.6 Å². The monoisotopic (exact) mass is 247 g/mol. The summed E-state index contributed by atoms with van der Waals surface area (Å²) in [6, 6.07) is 4.12. The van der Waals surface area contributed by atoms with Gasteiger partial charge in [-0.25, -0.2) is 0 Å². The standard InChI is InChI=1S/C15H21NO2/c1-10(2)6-14(16(17)18)9-15-12(4)7-11(3)8-13(15)5/h7-10H,6H2,1-5H3/b14-9+. The van der Waals surface area contributed by atoms with Gasteiger partial charge in [-0.05, 0) is 43.4 Å². The van der Waals surface area contributed by atoms with E-state index in [-0.39, 0.29) is 10.8 Å². The van der Waals surface area contributed by atoms with E-state index in [9.17, 15) is 10.1 Å². The lowest BCUT2D eigenvalue weighted by Crippen LogP contribution is -2.03. The number of nitro groups is 1. The van der Waals surface area contributed by atoms with E-state index in [1.165, 1.54) is 5.56 Å². The van der Waals surface area contributed by atoms with E-state index in [4.69, 9.17) is 0 Å². The molecule has 0 aromatic heterocycles. The van der Waals surface area contributed by atoms with Gasteiger partial charge in [0.15, 0.2) is 0 Å². The van der Waals surface area contributed by atoms with E-state index in [0.717, 1.165) is 16.7 Å². The Labute approximate surface area is 109 Å². The highest BCUT2D eigenvalue weighted by atomic mass is 16.6. The first-order chi connectivity index (χ1) is 8.31. The minimum atomic E-state index is -0.265. The molecule has 0 saturated carbocycles. The van der Waals surface area contributed by atoms with Gasteiger partial charge in [0.05, 0.1) is 4.92 Å². The molecule has 1 aromatic rings. The topological polar surface area (TPSA) is 43.1 Å². The van der Waals surface area contributed by atoms with Crippen LogP contribution in [0, 0.1) is 36.8 Å². The van der Waals surface area contributed by atoms with Gasteiger partial charge in [0.1, 0.15) is 0 Å². The van der Waals surface area contributed by atoms with Crippen molar-refractivity contribution in [2.75, 3.05) is 0 Å². The third-order valence-electron chi connectivity index (χ3n) is 2.90. The fourth-order valence-electron chi connectivity index (χ4n) is 2.19. The molecule has 0 bridgehead atoms. The van der Waals surface area contributed by atoms with Gasteiger partial charge < -0.3 is 0 Å². The normalized spacial score (nSPS) is 12.0. The first-order valence-corrected chi connectivity index (χ1v) is 6.24. The van der Waals surface area contributed by atoms with Gasteiger partial charge in [-0.2, -0.15) is 0 Å². The molecule has 3 heteroatoms. The van der Waals surface area contributed by atoms with Crippen molar-refractivity contribution in [1.29, 1.82) is 0 Å². The van der Waals surface area contributed by atoms with Crippen molar-refractivity contribution in [2.24, 2.45) is 5.92 Å². The summed E-state index contributed by atoms with van der Waals surface area (Å²) in [4.78, 5) is 10.8. The minimum absolute atomic E-state index is 0.265. The molecule has 0 aliphatic heterocycles. The van der Waals surface area contributed by atoms with Gasteiger partial charge >= 0.3 is 0 Å². The van der Waals surface area contributed by atoms with E-state index < -0.39 is 0 Å². The van der Waals surface area contributed by atoms with Gasteiger partial charge in [0.25, 0.3) is 0 Å². The summed E-state index contributed by atoms with van der Waals surface area (Å²) in [5.74, 6) is 0.285. The number of rotatable bonds is 4. The number of benzene rings is 1. The molecule has 0 atom stereocenters. The van der Waals surface area contributed by atoms with Gasteiger partial charge in [0.2, 0.25) is 5.70 Å². The van der Waals surface area contributed by atoms with Crippen molar-refractivity contribution in [3.05, 3.63) is 50.2 Å². The Bertz CT molecular complexity index is 464. The highest BCUT2D eigenvalue weighted by Crippen LogP contribution is 2.22. The summed E-state index contributed by atoms with van der Waals surface area (Å²) < 4.78 is 0. The molecule has 0 spiro atoms. The predicted octanol–water partition coefficient (Wildman–Crippen LogP) is 4.28. The summed E-state index contributed by atoms with van der Waals surface area (Å²) in [6.45, 7) is 10.0. The Balaban J connectivity index is 3.24. The van der Waals surface area contributed by atoms with Gasteiger partial charge in [-0.15, -0.1) is 0 Å². The molecule has 0 fully saturated rings. The smallest absolute Gasteiger partial charge is 0.247 e. The minimum Gasteiger partial charge on any atom is -0.259 e. The molecular formula is C15H21NO2. The molecule has 0 unspecified atom stereocenters. The number of allylic oxidation sites excluding steroid dienone is 1. The number of hydrogen-bond donors (Lipinski definition) is 0. The number of aryl methyl sites for hydroxylation is 3. The maximum atomic E-state index is 11.1. The van der Waals surface area contributed by atoms with Crippen molar-refractivity contribution in [3.63, 3.8) is 0 Å². The van der Waals surface area contributed by atoms with Gasteiger partial charge in [0, 0.05) is 12.5 Å². The lowest BCUT2D eigenvalue weighted by atomic mass is 9.97. The fourth-order valence-corrected chi connectivity index (χ4v) is 2.19. The fraction of sp³-hybridized carbons (Fsp3) is 0.467. The highest BCUT2D eigenvalue weighted by molar-refractivity contribution is 5.59. The third-order valence-corrected chi connectivity index (χ3v) is 2.90. The third kappa shape index (κ3) is 3.69. The zero-order valence-corrected chi connectivity index (χ0v) is 11.8. The Hall–Kier alpha value is -1.64. The van der Waals surface area contributed by atoms with Crippen LogP contribution in [0.15, 0.2) is 17.8 Å². The van der Waals surface area contributed by atoms with Crippen LogP contribution < -0.4 is 0 Å². The van der Waals surface area contributed by atoms with Crippen molar-refractivity contribution < 1.29 is 4.92 Å². The van der Waals surface area contributed by atoms with Gasteiger partial charge in [-0.3, -0.25) is 10.1 Å². The zero-order chi connectivity index (χ0) is 13.9. The number of nitrogens with zero attached hydrogens (tertiary/aromatic N) is 1. The molecule has 0 saturated heterocycles. The van der Waals surface area contributed by atoms with Crippen LogP contribution in [0.1, 0.15) is 42.5 Å². The SMILES string of the molecule is Cc1cc(C)c(/C=C(\CC(C)C)[N+](=O)[O-])c(C)c1. The summed E-state index contributed by atoms with van der Waals surface area (Å²) >= 11 is 0. The summed E-state index contributed by atoms with van der Waals surface area (Å²) in [7, 11) is 0. The second kappa shape index (κ2) is 5.80.